The summed E-state index contributed by atoms with van der Waals surface area (Å²) in [5.74, 6) is 0.889. The lowest BCUT2D eigenvalue weighted by Crippen LogP contribution is -2.30. The molecule has 362 valence electrons. The zero-order valence-electron chi connectivity index (χ0n) is 41.8. The van der Waals surface area contributed by atoms with Crippen LogP contribution in [-0.4, -0.2) is 37.2 Å². The summed E-state index contributed by atoms with van der Waals surface area (Å²) in [6.45, 7) is 11.4. The van der Waals surface area contributed by atoms with E-state index >= 15 is 0 Å². The standard InChI is InChI=1S/C55H106O6/c1-6-8-9-33-40-45-53(56)59-48-52(61-55(58)47-42-37-32-28-24-20-16-17-21-25-29-34-38-43-50(3)4)49-60-54(57)46-41-36-31-27-23-19-15-13-11-10-12-14-18-22-26-30-35-39-44-51(5)7-2/h50-52H,6-49H2,1-5H3/t51?,52-/m0/s1. The second kappa shape index (κ2) is 47.9. The number of carbonyl (C=O) groups excluding carboxylic acids is 3. The van der Waals surface area contributed by atoms with Crippen LogP contribution in [0.15, 0.2) is 0 Å². The molecule has 2 atom stereocenters. The van der Waals surface area contributed by atoms with Gasteiger partial charge in [-0.2, -0.15) is 0 Å². The summed E-state index contributed by atoms with van der Waals surface area (Å²) >= 11 is 0. The van der Waals surface area contributed by atoms with Crippen LogP contribution >= 0.6 is 0 Å². The number of esters is 3. The van der Waals surface area contributed by atoms with Crippen molar-refractivity contribution in [1.29, 1.82) is 0 Å². The molecule has 0 fully saturated rings. The highest BCUT2D eigenvalue weighted by Gasteiger charge is 2.19. The van der Waals surface area contributed by atoms with Gasteiger partial charge in [-0.05, 0) is 31.1 Å². The number of hydrogen-bond donors (Lipinski definition) is 0. The molecule has 0 heterocycles. The zero-order valence-corrected chi connectivity index (χ0v) is 41.8. The molecule has 6 heteroatoms. The molecular formula is C55H106O6. The molecule has 0 N–H and O–H groups in total. The summed E-state index contributed by atoms with van der Waals surface area (Å²) in [6, 6.07) is 0. The van der Waals surface area contributed by atoms with Gasteiger partial charge in [-0.3, -0.25) is 14.4 Å². The third-order valence-electron chi connectivity index (χ3n) is 12.8. The van der Waals surface area contributed by atoms with Crippen molar-refractivity contribution in [3.05, 3.63) is 0 Å². The van der Waals surface area contributed by atoms with E-state index in [9.17, 15) is 14.4 Å². The molecule has 0 aromatic rings. The van der Waals surface area contributed by atoms with Gasteiger partial charge in [-0.1, -0.05) is 266 Å². The van der Waals surface area contributed by atoms with Crippen molar-refractivity contribution < 1.29 is 28.6 Å². The van der Waals surface area contributed by atoms with Crippen LogP contribution in [-0.2, 0) is 28.6 Å². The second-order valence-electron chi connectivity index (χ2n) is 19.6. The van der Waals surface area contributed by atoms with Crippen LogP contribution < -0.4 is 0 Å². The Kier molecular flexibility index (Phi) is 46.6. The van der Waals surface area contributed by atoms with Crippen molar-refractivity contribution >= 4 is 17.9 Å². The normalized spacial score (nSPS) is 12.5. The zero-order chi connectivity index (χ0) is 44.7. The maximum Gasteiger partial charge on any atom is 0.306 e. The van der Waals surface area contributed by atoms with Crippen molar-refractivity contribution in [3.63, 3.8) is 0 Å². The van der Waals surface area contributed by atoms with E-state index in [1.165, 1.54) is 186 Å². The largest absolute Gasteiger partial charge is 0.462 e. The molecule has 0 bridgehead atoms. The van der Waals surface area contributed by atoms with Gasteiger partial charge in [-0.15, -0.1) is 0 Å². The van der Waals surface area contributed by atoms with Gasteiger partial charge in [0.2, 0.25) is 0 Å². The fraction of sp³-hybridized carbons (Fsp3) is 0.945. The number of rotatable bonds is 49. The summed E-state index contributed by atoms with van der Waals surface area (Å²) in [7, 11) is 0. The maximum absolute atomic E-state index is 12.7. The average Bonchev–Trinajstić information content (AvgIpc) is 3.24. The van der Waals surface area contributed by atoms with Crippen LogP contribution in [0.3, 0.4) is 0 Å². The third kappa shape index (κ3) is 47.7. The molecule has 0 aliphatic heterocycles. The predicted molar refractivity (Wildman–Crippen MR) is 261 cm³/mol. The molecule has 1 unspecified atom stereocenters. The quantitative estimate of drug-likeness (QED) is 0.0344. The number of carbonyl (C=O) groups is 3. The molecule has 0 aromatic carbocycles. The highest BCUT2D eigenvalue weighted by molar-refractivity contribution is 5.71. The van der Waals surface area contributed by atoms with Crippen LogP contribution in [0.4, 0.5) is 0 Å². The summed E-state index contributed by atoms with van der Waals surface area (Å²) in [5, 5.41) is 0. The fourth-order valence-corrected chi connectivity index (χ4v) is 8.31. The first-order chi connectivity index (χ1) is 29.8. The van der Waals surface area contributed by atoms with Gasteiger partial charge >= 0.3 is 17.9 Å². The van der Waals surface area contributed by atoms with E-state index in [1.807, 2.05) is 0 Å². The van der Waals surface area contributed by atoms with Crippen molar-refractivity contribution in [3.8, 4) is 0 Å². The molecule has 0 saturated carbocycles. The lowest BCUT2D eigenvalue weighted by atomic mass is 9.99. The van der Waals surface area contributed by atoms with Gasteiger partial charge in [0, 0.05) is 19.3 Å². The van der Waals surface area contributed by atoms with E-state index in [0.717, 1.165) is 76.0 Å². The molecule has 0 aliphatic carbocycles. The molecule has 0 radical (unpaired) electrons. The third-order valence-corrected chi connectivity index (χ3v) is 12.8. The topological polar surface area (TPSA) is 78.9 Å². The van der Waals surface area contributed by atoms with E-state index in [1.54, 1.807) is 0 Å². The Bertz CT molecular complexity index is 933. The molecule has 0 amide bonds. The lowest BCUT2D eigenvalue weighted by Gasteiger charge is -2.18. The Balaban J connectivity index is 4.05. The number of unbranched alkanes of at least 4 members (excludes halogenated alkanes) is 33. The van der Waals surface area contributed by atoms with E-state index in [4.69, 9.17) is 14.2 Å². The number of hydrogen-bond acceptors (Lipinski definition) is 6. The first-order valence-electron chi connectivity index (χ1n) is 27.3. The Morgan fingerprint density at radius 1 is 0.344 bits per heavy atom. The van der Waals surface area contributed by atoms with Crippen LogP contribution in [0.2, 0.25) is 0 Å². The minimum absolute atomic E-state index is 0.0643. The average molecular weight is 863 g/mol. The Labute approximate surface area is 380 Å². The lowest BCUT2D eigenvalue weighted by molar-refractivity contribution is -0.167. The monoisotopic (exact) mass is 863 g/mol. The first-order valence-corrected chi connectivity index (χ1v) is 27.3. The smallest absolute Gasteiger partial charge is 0.306 e. The van der Waals surface area contributed by atoms with Gasteiger partial charge in [0.15, 0.2) is 6.10 Å². The summed E-state index contributed by atoms with van der Waals surface area (Å²) in [6.07, 6.45) is 49.8. The van der Waals surface area contributed by atoms with Crippen LogP contribution in [0.25, 0.3) is 0 Å². The van der Waals surface area contributed by atoms with Crippen molar-refractivity contribution in [2.75, 3.05) is 13.2 Å². The van der Waals surface area contributed by atoms with Crippen molar-refractivity contribution in [1.82, 2.24) is 0 Å². The van der Waals surface area contributed by atoms with Crippen LogP contribution in [0.1, 0.15) is 304 Å². The molecule has 6 nitrogen and oxygen atoms in total. The predicted octanol–water partition coefficient (Wildman–Crippen LogP) is 17.7. The first kappa shape index (κ1) is 59.4. The van der Waals surface area contributed by atoms with E-state index in [0.29, 0.717) is 19.3 Å². The van der Waals surface area contributed by atoms with Gasteiger partial charge in [0.25, 0.3) is 0 Å². The molecule has 61 heavy (non-hydrogen) atoms. The SMILES string of the molecule is CCCCCCCC(=O)OC[C@@H](COC(=O)CCCCCCCCCCCCCCCCCCCCC(C)CC)OC(=O)CCCCCCCCCCCCCCCC(C)C. The highest BCUT2D eigenvalue weighted by Crippen LogP contribution is 2.18. The second-order valence-corrected chi connectivity index (χ2v) is 19.6. The maximum atomic E-state index is 12.7. The molecule has 0 spiro atoms. The molecule has 0 saturated heterocycles. The molecule has 0 aromatic heterocycles. The summed E-state index contributed by atoms with van der Waals surface area (Å²) < 4.78 is 16.7. The molecule has 0 aliphatic rings. The Hall–Kier alpha value is -1.59. The molecular weight excluding hydrogens is 757 g/mol. The summed E-state index contributed by atoms with van der Waals surface area (Å²) in [5.41, 5.74) is 0. The molecule has 0 rings (SSSR count). The van der Waals surface area contributed by atoms with Gasteiger partial charge in [0.1, 0.15) is 13.2 Å². The fourth-order valence-electron chi connectivity index (χ4n) is 8.31. The van der Waals surface area contributed by atoms with Crippen molar-refractivity contribution in [2.45, 2.75) is 310 Å². The minimum atomic E-state index is -0.760. The highest BCUT2D eigenvalue weighted by atomic mass is 16.6. The van der Waals surface area contributed by atoms with Gasteiger partial charge in [-0.25, -0.2) is 0 Å². The van der Waals surface area contributed by atoms with E-state index in [-0.39, 0.29) is 31.1 Å². The van der Waals surface area contributed by atoms with Crippen LogP contribution in [0, 0.1) is 11.8 Å². The van der Waals surface area contributed by atoms with E-state index in [2.05, 4.69) is 34.6 Å². The van der Waals surface area contributed by atoms with Crippen LogP contribution in [0.5, 0.6) is 0 Å². The van der Waals surface area contributed by atoms with E-state index < -0.39 is 6.10 Å². The van der Waals surface area contributed by atoms with Gasteiger partial charge < -0.3 is 14.2 Å². The Morgan fingerprint density at radius 2 is 0.623 bits per heavy atom. The van der Waals surface area contributed by atoms with Crippen molar-refractivity contribution in [2.24, 2.45) is 11.8 Å². The summed E-state index contributed by atoms with van der Waals surface area (Å²) in [4.78, 5) is 37.7. The minimum Gasteiger partial charge on any atom is -0.462 e. The van der Waals surface area contributed by atoms with Gasteiger partial charge in [0.05, 0.1) is 0 Å². The Morgan fingerprint density at radius 3 is 0.934 bits per heavy atom. The number of ether oxygens (including phenoxy) is 3.